The van der Waals surface area contributed by atoms with Gasteiger partial charge in [-0.25, -0.2) is 9.36 Å². The molecule has 0 aliphatic rings. The fraction of sp³-hybridized carbons (Fsp3) is 0.440. The lowest BCUT2D eigenvalue weighted by molar-refractivity contribution is 0.0547. The predicted octanol–water partition coefficient (Wildman–Crippen LogP) is 7.01. The van der Waals surface area contributed by atoms with Gasteiger partial charge in [0.1, 0.15) is 5.60 Å². The van der Waals surface area contributed by atoms with Crippen LogP contribution in [0.2, 0.25) is 18.1 Å². The van der Waals surface area contributed by atoms with E-state index < -0.39 is 20.0 Å². The summed E-state index contributed by atoms with van der Waals surface area (Å²) < 4.78 is 13.7. The Bertz CT molecular complexity index is 1070. The normalized spacial score (nSPS) is 12.9. The summed E-state index contributed by atoms with van der Waals surface area (Å²) in [6.45, 7) is 17.4. The van der Waals surface area contributed by atoms with E-state index in [9.17, 15) is 4.79 Å². The number of benzene rings is 1. The molecule has 0 saturated carbocycles. The molecule has 0 N–H and O–H groups in total. The first-order valence-electron chi connectivity index (χ1n) is 10.7. The molecule has 0 aliphatic carbocycles. The first-order valence-corrected chi connectivity index (χ1v) is 13.6. The van der Waals surface area contributed by atoms with Crippen LogP contribution in [0.15, 0.2) is 48.7 Å². The van der Waals surface area contributed by atoms with Gasteiger partial charge in [-0.3, -0.25) is 4.98 Å². The number of hydrogen-bond acceptors (Lipinski definition) is 4. The van der Waals surface area contributed by atoms with Gasteiger partial charge >= 0.3 is 6.09 Å². The van der Waals surface area contributed by atoms with Crippen LogP contribution in [0.3, 0.4) is 0 Å². The van der Waals surface area contributed by atoms with Crippen molar-refractivity contribution in [1.82, 2.24) is 9.55 Å². The van der Waals surface area contributed by atoms with Gasteiger partial charge in [-0.2, -0.15) is 0 Å². The fourth-order valence-corrected chi connectivity index (χ4v) is 4.00. The number of pyridine rings is 1. The highest BCUT2D eigenvalue weighted by Gasteiger charge is 2.37. The molecule has 31 heavy (non-hydrogen) atoms. The summed E-state index contributed by atoms with van der Waals surface area (Å²) in [5, 5.41) is 1.12. The summed E-state index contributed by atoms with van der Waals surface area (Å²) in [4.78, 5) is 17.5. The molecule has 5 nitrogen and oxygen atoms in total. The van der Waals surface area contributed by atoms with E-state index >= 15 is 0 Å². The van der Waals surface area contributed by atoms with Crippen LogP contribution in [0.1, 0.15) is 47.1 Å². The maximum Gasteiger partial charge on any atom is 0.419 e. The lowest BCUT2D eigenvalue weighted by Crippen LogP contribution is -2.40. The molecular formula is C25H34N2O3Si. The third kappa shape index (κ3) is 5.25. The highest BCUT2D eigenvalue weighted by molar-refractivity contribution is 6.74. The first-order chi connectivity index (χ1) is 14.3. The van der Waals surface area contributed by atoms with Gasteiger partial charge in [-0.05, 0) is 74.8 Å². The quantitative estimate of drug-likeness (QED) is 0.411. The minimum atomic E-state index is -1.85. The number of hydrogen-bond donors (Lipinski definition) is 0. The van der Waals surface area contributed by atoms with Crippen LogP contribution in [0, 0.1) is 0 Å². The molecule has 0 atom stereocenters. The van der Waals surface area contributed by atoms with Crippen molar-refractivity contribution < 1.29 is 14.0 Å². The monoisotopic (exact) mass is 438 g/mol. The first kappa shape index (κ1) is 23.2. The van der Waals surface area contributed by atoms with E-state index in [-0.39, 0.29) is 5.04 Å². The van der Waals surface area contributed by atoms with Gasteiger partial charge in [0.15, 0.2) is 8.32 Å². The van der Waals surface area contributed by atoms with E-state index in [1.807, 2.05) is 57.2 Å². The fourth-order valence-electron chi connectivity index (χ4n) is 3.04. The summed E-state index contributed by atoms with van der Waals surface area (Å²) in [5.74, 6) is 0. The van der Waals surface area contributed by atoms with E-state index in [1.165, 1.54) is 0 Å². The lowest BCUT2D eigenvalue weighted by atomic mass is 10.1. The Hall–Kier alpha value is -2.44. The van der Waals surface area contributed by atoms with Crippen molar-refractivity contribution >= 4 is 25.3 Å². The molecule has 2 heterocycles. The van der Waals surface area contributed by atoms with Crippen LogP contribution in [0.4, 0.5) is 4.79 Å². The molecule has 1 aromatic carbocycles. The molecule has 2 aromatic heterocycles. The smallest absolute Gasteiger partial charge is 0.419 e. The van der Waals surface area contributed by atoms with Gasteiger partial charge in [-0.15, -0.1) is 0 Å². The molecule has 0 fully saturated rings. The maximum absolute atomic E-state index is 13.1. The SMILES string of the molecule is CC(C)(C)OC(=O)n1c(-c2ccccn2)cc2cc(CO[Si](C)(C)C(C)(C)C)ccc21. The molecule has 3 aromatic rings. The highest BCUT2D eigenvalue weighted by Crippen LogP contribution is 2.37. The number of carbonyl (C=O) groups is 1. The average molecular weight is 439 g/mol. The standard InChI is InChI=1S/C25H34N2O3Si/c1-24(2,3)30-23(28)27-21-13-12-18(17-29-31(7,8)25(4,5)6)15-19(21)16-22(27)20-11-9-10-14-26-20/h9-16H,17H2,1-8H3. The molecule has 6 heteroatoms. The second-order valence-corrected chi connectivity index (χ2v) is 15.3. The van der Waals surface area contributed by atoms with Crippen LogP contribution < -0.4 is 0 Å². The molecule has 3 rings (SSSR count). The summed E-state index contributed by atoms with van der Waals surface area (Å²) in [6, 6.07) is 13.8. The molecule has 0 saturated heterocycles. The molecule has 0 aliphatic heterocycles. The largest absolute Gasteiger partial charge is 0.443 e. The van der Waals surface area contributed by atoms with Gasteiger partial charge in [0, 0.05) is 11.6 Å². The zero-order valence-electron chi connectivity index (χ0n) is 19.9. The zero-order valence-corrected chi connectivity index (χ0v) is 20.9. The minimum Gasteiger partial charge on any atom is -0.443 e. The maximum atomic E-state index is 13.1. The van der Waals surface area contributed by atoms with Crippen LogP contribution in [0.5, 0.6) is 0 Å². The van der Waals surface area contributed by atoms with Crippen molar-refractivity contribution in [3.8, 4) is 11.4 Å². The molecule has 0 spiro atoms. The summed E-state index contributed by atoms with van der Waals surface area (Å²) in [5.41, 5.74) is 2.74. The van der Waals surface area contributed by atoms with Crippen LogP contribution in [0.25, 0.3) is 22.3 Å². The molecule has 0 radical (unpaired) electrons. The van der Waals surface area contributed by atoms with Crippen LogP contribution >= 0.6 is 0 Å². The second-order valence-electron chi connectivity index (χ2n) is 10.5. The number of ether oxygens (including phenoxy) is 1. The predicted molar refractivity (Wildman–Crippen MR) is 129 cm³/mol. The van der Waals surface area contributed by atoms with Crippen LogP contribution in [-0.4, -0.2) is 29.6 Å². The lowest BCUT2D eigenvalue weighted by Gasteiger charge is -2.36. The molecule has 0 bridgehead atoms. The number of nitrogens with zero attached hydrogens (tertiary/aromatic N) is 2. The van der Waals surface area contributed by atoms with Gasteiger partial charge in [0.25, 0.3) is 0 Å². The van der Waals surface area contributed by atoms with Crippen molar-refractivity contribution in [2.24, 2.45) is 0 Å². The third-order valence-electron chi connectivity index (χ3n) is 5.78. The Morgan fingerprint density at radius 1 is 1.03 bits per heavy atom. The average Bonchev–Trinajstić information content (AvgIpc) is 3.04. The Morgan fingerprint density at radius 3 is 2.32 bits per heavy atom. The van der Waals surface area contributed by atoms with Crippen molar-refractivity contribution in [2.45, 2.75) is 71.9 Å². The summed E-state index contributed by atoms with van der Waals surface area (Å²) in [7, 11) is -1.85. The topological polar surface area (TPSA) is 53.4 Å². The van der Waals surface area contributed by atoms with Gasteiger partial charge in [0.2, 0.25) is 0 Å². The van der Waals surface area contributed by atoms with Crippen molar-refractivity contribution in [3.05, 3.63) is 54.2 Å². The Morgan fingerprint density at radius 2 is 1.74 bits per heavy atom. The third-order valence-corrected chi connectivity index (χ3v) is 10.3. The molecule has 0 amide bonds. The molecular weight excluding hydrogens is 404 g/mol. The van der Waals surface area contributed by atoms with E-state index in [2.05, 4.69) is 44.9 Å². The Kier molecular flexibility index (Phi) is 6.18. The number of carbonyl (C=O) groups excluding carboxylic acids is 1. The van der Waals surface area contributed by atoms with E-state index in [0.29, 0.717) is 12.3 Å². The van der Waals surface area contributed by atoms with E-state index in [4.69, 9.17) is 9.16 Å². The van der Waals surface area contributed by atoms with E-state index in [0.717, 1.165) is 22.2 Å². The van der Waals surface area contributed by atoms with Gasteiger partial charge in [0.05, 0.1) is 23.5 Å². The number of rotatable bonds is 4. The minimum absolute atomic E-state index is 0.156. The van der Waals surface area contributed by atoms with Crippen molar-refractivity contribution in [3.63, 3.8) is 0 Å². The Balaban J connectivity index is 2.02. The number of aromatic nitrogens is 2. The second kappa shape index (κ2) is 8.24. The number of fused-ring (bicyclic) bond motifs is 1. The summed E-state index contributed by atoms with van der Waals surface area (Å²) in [6.07, 6.45) is 1.32. The zero-order chi connectivity index (χ0) is 23.0. The van der Waals surface area contributed by atoms with Gasteiger partial charge < -0.3 is 9.16 Å². The molecule has 0 unspecified atom stereocenters. The van der Waals surface area contributed by atoms with Crippen molar-refractivity contribution in [1.29, 1.82) is 0 Å². The Labute approximate surface area is 186 Å². The molecule has 166 valence electrons. The summed E-state index contributed by atoms with van der Waals surface area (Å²) >= 11 is 0. The van der Waals surface area contributed by atoms with Gasteiger partial charge in [-0.1, -0.05) is 32.9 Å². The van der Waals surface area contributed by atoms with Crippen LogP contribution in [-0.2, 0) is 15.8 Å². The highest BCUT2D eigenvalue weighted by atomic mass is 28.4. The van der Waals surface area contributed by atoms with E-state index in [1.54, 1.807) is 10.8 Å². The van der Waals surface area contributed by atoms with Crippen molar-refractivity contribution in [2.75, 3.05) is 0 Å².